The summed E-state index contributed by atoms with van der Waals surface area (Å²) in [6, 6.07) is 62.1. The molecule has 0 N–H and O–H groups in total. The van der Waals surface area contributed by atoms with E-state index in [1.807, 2.05) is 60.7 Å². The van der Waals surface area contributed by atoms with Crippen molar-refractivity contribution in [1.29, 1.82) is 0 Å². The summed E-state index contributed by atoms with van der Waals surface area (Å²) in [6.45, 7) is 0. The molecule has 11 aromatic rings. The lowest BCUT2D eigenvalue weighted by Gasteiger charge is -2.10. The van der Waals surface area contributed by atoms with Gasteiger partial charge in [-0.05, 0) is 56.8 Å². The first kappa shape index (κ1) is 34.4. The monoisotopic (exact) mass is 774 g/mol. The summed E-state index contributed by atoms with van der Waals surface area (Å²) >= 11 is 1.55. The van der Waals surface area contributed by atoms with Crippen molar-refractivity contribution in [3.63, 3.8) is 0 Å². The largest absolute Gasteiger partial charge is 0.241 e. The van der Waals surface area contributed by atoms with Crippen molar-refractivity contribution < 1.29 is 0 Å². The Hall–Kier alpha value is -7.88. The Morgan fingerprint density at radius 3 is 1.31 bits per heavy atom. The van der Waals surface area contributed by atoms with E-state index in [1.165, 1.54) is 5.56 Å². The van der Waals surface area contributed by atoms with E-state index in [0.717, 1.165) is 87.4 Å². The molecule has 0 amide bonds. The number of benzene rings is 7. The van der Waals surface area contributed by atoms with Crippen LogP contribution in [0.5, 0.6) is 0 Å². The Bertz CT molecular complexity index is 3300. The van der Waals surface area contributed by atoms with Crippen molar-refractivity contribution in [3.05, 3.63) is 182 Å². The van der Waals surface area contributed by atoms with Gasteiger partial charge in [0.25, 0.3) is 0 Å². The fraction of sp³-hybridized carbons (Fsp3) is 0. The number of rotatable bonds is 7. The molecule has 4 aromatic heterocycles. The van der Waals surface area contributed by atoms with Crippen molar-refractivity contribution >= 4 is 42.9 Å². The SMILES string of the molecule is c1ccc(-c2ccc(-c3nc(-c4ccccc4)nc(-c4ccc(-c5ccc(-c6cccc(-c7nnnc8c7sc7nc9ccccc9nc78)c6)cc5)cc4)n3)cc2)cc1. The molecular formula is C50H30N8S. The molecule has 0 fully saturated rings. The van der Waals surface area contributed by atoms with Gasteiger partial charge in [0.05, 0.1) is 15.7 Å². The van der Waals surface area contributed by atoms with Crippen LogP contribution in [0.25, 0.3) is 110 Å². The molecular weight excluding hydrogens is 745 g/mol. The van der Waals surface area contributed by atoms with Crippen LogP contribution in [0.15, 0.2) is 182 Å². The van der Waals surface area contributed by atoms with Gasteiger partial charge in [-0.3, -0.25) is 0 Å². The molecule has 0 aliphatic carbocycles. The molecule has 0 unspecified atom stereocenters. The smallest absolute Gasteiger partial charge is 0.164 e. The molecule has 8 nitrogen and oxygen atoms in total. The molecule has 0 saturated heterocycles. The maximum atomic E-state index is 4.98. The number of hydrogen-bond donors (Lipinski definition) is 0. The molecule has 4 heterocycles. The van der Waals surface area contributed by atoms with Crippen molar-refractivity contribution in [2.24, 2.45) is 0 Å². The zero-order valence-electron chi connectivity index (χ0n) is 31.3. The van der Waals surface area contributed by atoms with Gasteiger partial charge in [-0.15, -0.1) is 21.5 Å². The van der Waals surface area contributed by atoms with Crippen molar-refractivity contribution in [3.8, 4) is 78.8 Å². The summed E-state index contributed by atoms with van der Waals surface area (Å²) in [5, 5.41) is 13.0. The van der Waals surface area contributed by atoms with Gasteiger partial charge < -0.3 is 0 Å². The van der Waals surface area contributed by atoms with Gasteiger partial charge in [-0.25, -0.2) is 24.9 Å². The van der Waals surface area contributed by atoms with Crippen molar-refractivity contribution in [2.45, 2.75) is 0 Å². The molecule has 0 aliphatic rings. The molecule has 59 heavy (non-hydrogen) atoms. The quantitative estimate of drug-likeness (QED) is 0.158. The molecule has 9 heteroatoms. The first-order chi connectivity index (χ1) is 29.2. The summed E-state index contributed by atoms with van der Waals surface area (Å²) in [4.78, 5) is 25.4. The lowest BCUT2D eigenvalue weighted by molar-refractivity contribution is 0.904. The van der Waals surface area contributed by atoms with E-state index in [0.29, 0.717) is 17.5 Å². The lowest BCUT2D eigenvalue weighted by Crippen LogP contribution is -2.00. The highest BCUT2D eigenvalue weighted by Gasteiger charge is 2.18. The number of para-hydroxylation sites is 2. The lowest BCUT2D eigenvalue weighted by atomic mass is 9.98. The van der Waals surface area contributed by atoms with E-state index in [2.05, 4.69) is 137 Å². The van der Waals surface area contributed by atoms with Crippen LogP contribution in [0.3, 0.4) is 0 Å². The standard InChI is InChI=1S/C50H30N8S/c1-3-10-31(11-4-1)32-22-26-37(27-23-32)48-53-47(36-12-5-2-6-13-36)54-49(55-48)38-28-24-34(25-29-38)33-18-20-35(21-19-33)39-14-9-15-40(30-39)43-46-44(57-58-56-43)45-50(59-46)52-42-17-8-7-16-41(42)51-45/h1-30H. The van der Waals surface area contributed by atoms with Crippen LogP contribution in [-0.2, 0) is 0 Å². The van der Waals surface area contributed by atoms with E-state index in [1.54, 1.807) is 11.3 Å². The van der Waals surface area contributed by atoms with Crippen LogP contribution < -0.4 is 0 Å². The van der Waals surface area contributed by atoms with E-state index < -0.39 is 0 Å². The Morgan fingerprint density at radius 2 is 0.729 bits per heavy atom. The van der Waals surface area contributed by atoms with Crippen molar-refractivity contribution in [1.82, 2.24) is 40.3 Å². The first-order valence-corrected chi connectivity index (χ1v) is 20.0. The summed E-state index contributed by atoms with van der Waals surface area (Å²) in [7, 11) is 0. The Kier molecular flexibility index (Phi) is 8.49. The van der Waals surface area contributed by atoms with E-state index in [9.17, 15) is 0 Å². The maximum absolute atomic E-state index is 4.98. The van der Waals surface area contributed by atoms with E-state index >= 15 is 0 Å². The third kappa shape index (κ3) is 6.55. The van der Waals surface area contributed by atoms with Gasteiger partial charge in [-0.1, -0.05) is 164 Å². The van der Waals surface area contributed by atoms with Gasteiger partial charge in [0.15, 0.2) is 17.5 Å². The molecule has 0 spiro atoms. The van der Waals surface area contributed by atoms with Gasteiger partial charge in [0.2, 0.25) is 0 Å². The van der Waals surface area contributed by atoms with Crippen LogP contribution >= 0.6 is 11.3 Å². The minimum absolute atomic E-state index is 0.621. The molecule has 0 saturated carbocycles. The van der Waals surface area contributed by atoms with E-state index in [4.69, 9.17) is 24.9 Å². The van der Waals surface area contributed by atoms with Crippen LogP contribution in [0.4, 0.5) is 0 Å². The zero-order chi connectivity index (χ0) is 39.1. The second kappa shape index (κ2) is 14.6. The number of fused-ring (bicyclic) bond motifs is 4. The van der Waals surface area contributed by atoms with Crippen LogP contribution in [0.2, 0.25) is 0 Å². The second-order valence-corrected chi connectivity index (χ2v) is 15.1. The van der Waals surface area contributed by atoms with E-state index in [-0.39, 0.29) is 0 Å². The molecule has 0 aliphatic heterocycles. The topological polar surface area (TPSA) is 103 Å². The van der Waals surface area contributed by atoms with Gasteiger partial charge in [0, 0.05) is 22.3 Å². The molecule has 7 aromatic carbocycles. The Morgan fingerprint density at radius 1 is 0.305 bits per heavy atom. The van der Waals surface area contributed by atoms with Crippen LogP contribution in [0.1, 0.15) is 0 Å². The normalized spacial score (nSPS) is 11.4. The minimum atomic E-state index is 0.621. The van der Waals surface area contributed by atoms with Gasteiger partial charge >= 0.3 is 0 Å². The third-order valence-corrected chi connectivity index (χ3v) is 11.5. The first-order valence-electron chi connectivity index (χ1n) is 19.2. The second-order valence-electron chi connectivity index (χ2n) is 14.1. The fourth-order valence-electron chi connectivity index (χ4n) is 7.37. The number of nitrogens with zero attached hydrogens (tertiary/aromatic N) is 8. The minimum Gasteiger partial charge on any atom is -0.241 e. The highest BCUT2D eigenvalue weighted by molar-refractivity contribution is 7.25. The Labute approximate surface area is 342 Å². The molecule has 11 rings (SSSR count). The average Bonchev–Trinajstić information content (AvgIpc) is 3.69. The molecule has 0 bridgehead atoms. The third-order valence-electron chi connectivity index (χ3n) is 10.4. The molecule has 0 atom stereocenters. The molecule has 276 valence electrons. The molecule has 0 radical (unpaired) electrons. The maximum Gasteiger partial charge on any atom is 0.164 e. The highest BCUT2D eigenvalue weighted by atomic mass is 32.1. The summed E-state index contributed by atoms with van der Waals surface area (Å²) in [5.74, 6) is 1.88. The Balaban J connectivity index is 0.878. The number of hydrogen-bond acceptors (Lipinski definition) is 9. The van der Waals surface area contributed by atoms with Crippen LogP contribution in [-0.4, -0.2) is 40.3 Å². The average molecular weight is 775 g/mol. The van der Waals surface area contributed by atoms with Gasteiger partial charge in [-0.2, -0.15) is 0 Å². The summed E-state index contributed by atoms with van der Waals surface area (Å²) in [5.41, 5.74) is 14.3. The zero-order valence-corrected chi connectivity index (χ0v) is 32.1. The summed E-state index contributed by atoms with van der Waals surface area (Å²) in [6.07, 6.45) is 0. The van der Waals surface area contributed by atoms with Crippen molar-refractivity contribution in [2.75, 3.05) is 0 Å². The summed E-state index contributed by atoms with van der Waals surface area (Å²) < 4.78 is 0.920. The van der Waals surface area contributed by atoms with Gasteiger partial charge in [0.1, 0.15) is 21.6 Å². The predicted octanol–water partition coefficient (Wildman–Crippen LogP) is 12.0. The van der Waals surface area contributed by atoms with Crippen LogP contribution in [0, 0.1) is 0 Å². The predicted molar refractivity (Wildman–Crippen MR) is 237 cm³/mol. The highest BCUT2D eigenvalue weighted by Crippen LogP contribution is 2.38. The number of aromatic nitrogens is 8. The number of thiophene rings is 1. The fourth-order valence-corrected chi connectivity index (χ4v) is 8.43.